The first-order valence-electron chi connectivity index (χ1n) is 7.37. The van der Waals surface area contributed by atoms with Crippen molar-refractivity contribution >= 4 is 5.91 Å². The van der Waals surface area contributed by atoms with E-state index in [-0.39, 0.29) is 5.91 Å². The van der Waals surface area contributed by atoms with Crippen molar-refractivity contribution in [3.63, 3.8) is 0 Å². The molecule has 0 bridgehead atoms. The minimum absolute atomic E-state index is 0.189. The lowest BCUT2D eigenvalue weighted by Crippen LogP contribution is -2.40. The molecule has 1 saturated heterocycles. The number of likely N-dealkylation sites (tertiary alicyclic amines) is 1. The molecule has 1 atom stereocenters. The van der Waals surface area contributed by atoms with Gasteiger partial charge in [-0.25, -0.2) is 0 Å². The molecule has 1 fully saturated rings. The topological polar surface area (TPSA) is 41.4 Å². The van der Waals surface area contributed by atoms with E-state index in [9.17, 15) is 4.79 Å². The van der Waals surface area contributed by atoms with E-state index in [1.54, 1.807) is 6.20 Å². The van der Waals surface area contributed by atoms with Crippen LogP contribution in [0.5, 0.6) is 0 Å². The lowest BCUT2D eigenvalue weighted by atomic mass is 9.98. The van der Waals surface area contributed by atoms with Gasteiger partial charge in [-0.05, 0) is 39.3 Å². The molecule has 2 rings (SSSR count). The van der Waals surface area contributed by atoms with Crippen molar-refractivity contribution in [3.8, 4) is 0 Å². The third-order valence-corrected chi connectivity index (χ3v) is 4.36. The molecular formula is C15H26N4O. The van der Waals surface area contributed by atoms with Gasteiger partial charge in [-0.1, -0.05) is 0 Å². The van der Waals surface area contributed by atoms with E-state index >= 15 is 0 Å². The zero-order chi connectivity index (χ0) is 14.7. The highest BCUT2D eigenvalue weighted by Crippen LogP contribution is 2.16. The Balaban J connectivity index is 1.87. The first kappa shape index (κ1) is 15.0. The highest BCUT2D eigenvalue weighted by molar-refractivity contribution is 5.78. The molecule has 112 valence electrons. The fraction of sp³-hybridized carbons (Fsp3) is 0.733. The summed E-state index contributed by atoms with van der Waals surface area (Å²) < 4.78 is 1.82. The summed E-state index contributed by atoms with van der Waals surface area (Å²) in [4.78, 5) is 16.5. The van der Waals surface area contributed by atoms with Gasteiger partial charge in [0.1, 0.15) is 0 Å². The summed E-state index contributed by atoms with van der Waals surface area (Å²) in [5, 5.41) is 4.19. The number of carbonyl (C=O) groups is 1. The summed E-state index contributed by atoms with van der Waals surface area (Å²) in [5.74, 6) is 0.798. The van der Waals surface area contributed by atoms with Crippen LogP contribution in [0.2, 0.25) is 0 Å². The summed E-state index contributed by atoms with van der Waals surface area (Å²) >= 11 is 0. The van der Waals surface area contributed by atoms with Crippen LogP contribution >= 0.6 is 0 Å². The monoisotopic (exact) mass is 278 g/mol. The van der Waals surface area contributed by atoms with Crippen molar-refractivity contribution in [2.24, 2.45) is 13.0 Å². The van der Waals surface area contributed by atoms with E-state index in [0.717, 1.165) is 24.3 Å². The van der Waals surface area contributed by atoms with Crippen LogP contribution in [0.4, 0.5) is 0 Å². The molecule has 0 N–H and O–H groups in total. The van der Waals surface area contributed by atoms with Gasteiger partial charge < -0.3 is 9.80 Å². The smallest absolute Gasteiger partial charge is 0.226 e. The molecule has 5 nitrogen and oxygen atoms in total. The lowest BCUT2D eigenvalue weighted by molar-refractivity contribution is -0.130. The second-order valence-corrected chi connectivity index (χ2v) is 6.10. The molecular weight excluding hydrogens is 252 g/mol. The molecule has 1 amide bonds. The fourth-order valence-electron chi connectivity index (χ4n) is 2.93. The molecule has 0 saturated carbocycles. The Kier molecular flexibility index (Phi) is 4.81. The predicted octanol–water partition coefficient (Wildman–Crippen LogP) is 1.07. The minimum atomic E-state index is 0.189. The van der Waals surface area contributed by atoms with Crippen molar-refractivity contribution < 1.29 is 4.79 Å². The second kappa shape index (κ2) is 6.39. The van der Waals surface area contributed by atoms with Gasteiger partial charge in [-0.3, -0.25) is 9.48 Å². The SMILES string of the molecule is Cc1c(CC(=O)N(C)CC2CCCN(C)C2)cnn1C. The van der Waals surface area contributed by atoms with Crippen molar-refractivity contribution in [2.75, 3.05) is 33.7 Å². The molecule has 5 heteroatoms. The van der Waals surface area contributed by atoms with Crippen LogP contribution < -0.4 is 0 Å². The molecule has 1 aliphatic rings. The maximum absolute atomic E-state index is 12.3. The van der Waals surface area contributed by atoms with Gasteiger partial charge in [-0.15, -0.1) is 0 Å². The summed E-state index contributed by atoms with van der Waals surface area (Å²) in [5.41, 5.74) is 2.11. The Morgan fingerprint density at radius 3 is 2.85 bits per heavy atom. The van der Waals surface area contributed by atoms with Gasteiger partial charge >= 0.3 is 0 Å². The molecule has 0 radical (unpaired) electrons. The molecule has 1 aliphatic heterocycles. The fourth-order valence-corrected chi connectivity index (χ4v) is 2.93. The summed E-state index contributed by atoms with van der Waals surface area (Å²) in [6, 6.07) is 0. The van der Waals surface area contributed by atoms with Gasteiger partial charge in [-0.2, -0.15) is 5.10 Å². The van der Waals surface area contributed by atoms with Gasteiger partial charge in [0.25, 0.3) is 0 Å². The quantitative estimate of drug-likeness (QED) is 0.827. The molecule has 1 aromatic heterocycles. The van der Waals surface area contributed by atoms with Crippen LogP contribution in [0.15, 0.2) is 6.20 Å². The summed E-state index contributed by atoms with van der Waals surface area (Å²) in [6.07, 6.45) is 4.73. The van der Waals surface area contributed by atoms with Crippen molar-refractivity contribution in [3.05, 3.63) is 17.5 Å². The van der Waals surface area contributed by atoms with Gasteiger partial charge in [0.05, 0.1) is 12.6 Å². The summed E-state index contributed by atoms with van der Waals surface area (Å²) in [6.45, 7) is 5.15. The maximum Gasteiger partial charge on any atom is 0.226 e. The number of nitrogens with zero attached hydrogens (tertiary/aromatic N) is 4. The van der Waals surface area contributed by atoms with Crippen LogP contribution in [-0.4, -0.2) is 59.2 Å². The van der Waals surface area contributed by atoms with E-state index in [0.29, 0.717) is 12.3 Å². The molecule has 0 aromatic carbocycles. The first-order chi connectivity index (χ1) is 9.47. The van der Waals surface area contributed by atoms with Gasteiger partial charge in [0, 0.05) is 38.4 Å². The van der Waals surface area contributed by atoms with Crippen LogP contribution in [0.1, 0.15) is 24.1 Å². The number of likely N-dealkylation sites (N-methyl/N-ethyl adjacent to an activating group) is 1. The van der Waals surface area contributed by atoms with E-state index < -0.39 is 0 Å². The molecule has 20 heavy (non-hydrogen) atoms. The number of hydrogen-bond acceptors (Lipinski definition) is 3. The average Bonchev–Trinajstić information content (AvgIpc) is 2.70. The Morgan fingerprint density at radius 2 is 2.25 bits per heavy atom. The van der Waals surface area contributed by atoms with E-state index in [2.05, 4.69) is 17.0 Å². The minimum Gasteiger partial charge on any atom is -0.345 e. The van der Waals surface area contributed by atoms with E-state index in [1.165, 1.54) is 19.4 Å². The molecule has 0 aliphatic carbocycles. The highest BCUT2D eigenvalue weighted by atomic mass is 16.2. The second-order valence-electron chi connectivity index (χ2n) is 6.10. The maximum atomic E-state index is 12.3. The normalized spacial score (nSPS) is 20.1. The number of amides is 1. The van der Waals surface area contributed by atoms with Crippen LogP contribution in [0, 0.1) is 12.8 Å². The van der Waals surface area contributed by atoms with E-state index in [4.69, 9.17) is 0 Å². The van der Waals surface area contributed by atoms with Crippen molar-refractivity contribution in [1.82, 2.24) is 19.6 Å². The number of carbonyl (C=O) groups excluding carboxylic acids is 1. The standard InChI is InChI=1S/C15H26N4O/c1-12-14(9-16-19(12)4)8-15(20)18(3)11-13-6-5-7-17(2)10-13/h9,13H,5-8,10-11H2,1-4H3. The van der Waals surface area contributed by atoms with Gasteiger partial charge in [0.2, 0.25) is 5.91 Å². The van der Waals surface area contributed by atoms with E-state index in [1.807, 2.05) is 30.6 Å². The highest BCUT2D eigenvalue weighted by Gasteiger charge is 2.21. The Bertz CT molecular complexity index is 468. The number of aromatic nitrogens is 2. The number of rotatable bonds is 4. The molecule has 1 unspecified atom stereocenters. The largest absolute Gasteiger partial charge is 0.345 e. The number of hydrogen-bond donors (Lipinski definition) is 0. The van der Waals surface area contributed by atoms with Crippen molar-refractivity contribution in [1.29, 1.82) is 0 Å². The molecule has 2 heterocycles. The average molecular weight is 278 g/mol. The Hall–Kier alpha value is -1.36. The first-order valence-corrected chi connectivity index (χ1v) is 7.37. The zero-order valence-electron chi connectivity index (χ0n) is 13.1. The zero-order valence-corrected chi connectivity index (χ0v) is 13.1. The van der Waals surface area contributed by atoms with Gasteiger partial charge in [0.15, 0.2) is 0 Å². The number of piperidine rings is 1. The Morgan fingerprint density at radius 1 is 1.50 bits per heavy atom. The number of aryl methyl sites for hydroxylation is 1. The lowest BCUT2D eigenvalue weighted by Gasteiger charge is -2.32. The van der Waals surface area contributed by atoms with Crippen molar-refractivity contribution in [2.45, 2.75) is 26.2 Å². The predicted molar refractivity (Wildman–Crippen MR) is 79.5 cm³/mol. The summed E-state index contributed by atoms with van der Waals surface area (Å²) in [7, 11) is 5.99. The van der Waals surface area contributed by atoms with Crippen LogP contribution in [0.3, 0.4) is 0 Å². The third kappa shape index (κ3) is 3.60. The molecule has 0 spiro atoms. The third-order valence-electron chi connectivity index (χ3n) is 4.36. The molecule has 1 aromatic rings. The van der Waals surface area contributed by atoms with Crippen LogP contribution in [0.25, 0.3) is 0 Å². The Labute approximate surface area is 121 Å². The van der Waals surface area contributed by atoms with Crippen LogP contribution in [-0.2, 0) is 18.3 Å².